The second-order valence-electron chi connectivity index (χ2n) is 8.34. The summed E-state index contributed by atoms with van der Waals surface area (Å²) in [5.41, 5.74) is 0. The number of carbonyl (C=O) groups excluding carboxylic acids is 2. The Kier molecular flexibility index (Phi) is 26.7. The fourth-order valence-corrected chi connectivity index (χ4v) is 3.33. The molecule has 0 fully saturated rings. The molecule has 7 heteroatoms. The summed E-state index contributed by atoms with van der Waals surface area (Å²) in [5, 5.41) is 5.64. The van der Waals surface area contributed by atoms with Crippen molar-refractivity contribution in [3.8, 4) is 0 Å². The minimum Gasteiger partial charge on any atom is -0.380 e. The largest absolute Gasteiger partial charge is 0.380 e. The lowest BCUT2D eigenvalue weighted by Crippen LogP contribution is -2.30. The Balaban J connectivity index is 3.32. The minimum absolute atomic E-state index is 0.0659. The van der Waals surface area contributed by atoms with Gasteiger partial charge in [-0.2, -0.15) is 0 Å². The third kappa shape index (κ3) is 26.9. The van der Waals surface area contributed by atoms with Crippen molar-refractivity contribution in [2.45, 2.75) is 90.4 Å². The molecule has 0 aliphatic heterocycles. The lowest BCUT2D eigenvalue weighted by atomic mass is 10.1. The number of carbonyl (C=O) groups is 2. The van der Waals surface area contributed by atoms with Gasteiger partial charge in [0.15, 0.2) is 0 Å². The van der Waals surface area contributed by atoms with Gasteiger partial charge in [-0.05, 0) is 38.5 Å². The zero-order valence-electron chi connectivity index (χ0n) is 21.5. The van der Waals surface area contributed by atoms with Crippen molar-refractivity contribution in [1.29, 1.82) is 0 Å². The zero-order valence-corrected chi connectivity index (χ0v) is 22.2. The van der Waals surface area contributed by atoms with Crippen molar-refractivity contribution >= 4 is 23.4 Å². The van der Waals surface area contributed by atoms with Crippen LogP contribution in [0.25, 0.3) is 0 Å². The molecule has 0 bridgehead atoms. The van der Waals surface area contributed by atoms with E-state index in [-0.39, 0.29) is 11.8 Å². The predicted molar refractivity (Wildman–Crippen MR) is 142 cm³/mol. The zero-order chi connectivity index (χ0) is 25.0. The van der Waals surface area contributed by atoms with Crippen LogP contribution in [0.4, 0.5) is 0 Å². The Morgan fingerprint density at radius 2 is 1.24 bits per heavy atom. The van der Waals surface area contributed by atoms with Gasteiger partial charge in [0.2, 0.25) is 11.8 Å². The first-order valence-corrected chi connectivity index (χ1v) is 13.8. The maximum Gasteiger partial charge on any atom is 0.222 e. The third-order valence-electron chi connectivity index (χ3n) is 5.19. The molecule has 0 radical (unpaired) electrons. The molecule has 0 aliphatic carbocycles. The van der Waals surface area contributed by atoms with Gasteiger partial charge in [-0.1, -0.05) is 63.3 Å². The van der Waals surface area contributed by atoms with Crippen LogP contribution in [0.3, 0.4) is 0 Å². The molecular weight excluding hydrogens is 452 g/mol. The van der Waals surface area contributed by atoms with E-state index in [2.05, 4.69) is 41.9 Å². The molecule has 0 unspecified atom stereocenters. The van der Waals surface area contributed by atoms with Crippen molar-refractivity contribution < 1.29 is 19.1 Å². The van der Waals surface area contributed by atoms with E-state index >= 15 is 0 Å². The number of halogens is 1. The average Bonchev–Trinajstić information content (AvgIpc) is 2.83. The van der Waals surface area contributed by atoms with E-state index in [9.17, 15) is 9.59 Å². The van der Waals surface area contributed by atoms with Crippen LogP contribution in [-0.2, 0) is 19.1 Å². The molecule has 2 amide bonds. The van der Waals surface area contributed by atoms with Crippen LogP contribution in [-0.4, -0.2) is 57.2 Å². The van der Waals surface area contributed by atoms with E-state index in [1.165, 1.54) is 44.9 Å². The highest BCUT2D eigenvalue weighted by atomic mass is 35.5. The van der Waals surface area contributed by atoms with E-state index in [0.29, 0.717) is 58.2 Å². The van der Waals surface area contributed by atoms with E-state index in [0.717, 1.165) is 25.7 Å². The summed E-state index contributed by atoms with van der Waals surface area (Å²) >= 11 is 5.49. The molecule has 198 valence electrons. The summed E-state index contributed by atoms with van der Waals surface area (Å²) in [7, 11) is 0. The van der Waals surface area contributed by atoms with E-state index in [1.807, 2.05) is 0 Å². The number of ether oxygens (including phenoxy) is 2. The fourth-order valence-electron chi connectivity index (χ4n) is 3.22. The van der Waals surface area contributed by atoms with Crippen molar-refractivity contribution in [2.24, 2.45) is 0 Å². The molecule has 0 heterocycles. The first kappa shape index (κ1) is 32.6. The smallest absolute Gasteiger partial charge is 0.222 e. The van der Waals surface area contributed by atoms with Crippen LogP contribution in [0.15, 0.2) is 24.3 Å². The van der Waals surface area contributed by atoms with Gasteiger partial charge in [-0.3, -0.25) is 9.59 Å². The van der Waals surface area contributed by atoms with Crippen LogP contribution in [0, 0.1) is 0 Å². The number of unbranched alkanes of at least 4 members (excludes halogenated alkanes) is 8. The highest BCUT2D eigenvalue weighted by Crippen LogP contribution is 2.08. The molecule has 34 heavy (non-hydrogen) atoms. The number of nitrogens with one attached hydrogen (secondary N) is 2. The summed E-state index contributed by atoms with van der Waals surface area (Å²) in [6, 6.07) is 0. The van der Waals surface area contributed by atoms with Gasteiger partial charge in [0, 0.05) is 31.8 Å². The van der Waals surface area contributed by atoms with E-state index in [4.69, 9.17) is 21.1 Å². The maximum atomic E-state index is 11.8. The van der Waals surface area contributed by atoms with Gasteiger partial charge in [-0.25, -0.2) is 0 Å². The normalized spacial score (nSPS) is 11.5. The van der Waals surface area contributed by atoms with Gasteiger partial charge >= 0.3 is 0 Å². The second kappa shape index (κ2) is 27.9. The maximum absolute atomic E-state index is 11.8. The van der Waals surface area contributed by atoms with Crippen molar-refractivity contribution in [2.75, 3.05) is 45.4 Å². The van der Waals surface area contributed by atoms with Crippen LogP contribution >= 0.6 is 11.6 Å². The molecule has 0 saturated heterocycles. The number of rotatable bonds is 25. The average molecular weight is 501 g/mol. The Labute approximate surface area is 213 Å². The van der Waals surface area contributed by atoms with E-state index < -0.39 is 0 Å². The quantitative estimate of drug-likeness (QED) is 0.0958. The van der Waals surface area contributed by atoms with Gasteiger partial charge in [0.05, 0.1) is 26.4 Å². The number of hydrogen-bond donors (Lipinski definition) is 2. The summed E-state index contributed by atoms with van der Waals surface area (Å²) in [4.78, 5) is 23.4. The summed E-state index contributed by atoms with van der Waals surface area (Å²) in [6.07, 6.45) is 23.0. The Hall–Kier alpha value is -1.37. The molecule has 0 saturated carbocycles. The topological polar surface area (TPSA) is 76.7 Å². The summed E-state index contributed by atoms with van der Waals surface area (Å²) in [6.45, 7) is 4.89. The predicted octanol–water partition coefficient (Wildman–Crippen LogP) is 5.69. The van der Waals surface area contributed by atoms with Gasteiger partial charge in [-0.15, -0.1) is 11.6 Å². The Morgan fingerprint density at radius 1 is 0.676 bits per heavy atom. The SMILES string of the molecule is CCCCC/C=C\C/C=C\CCCCCCCC(=O)NCCOCCNC(=O)CCOCCCl. The fraction of sp³-hybridized carbons (Fsp3) is 0.778. The Bertz CT molecular complexity index is 527. The highest BCUT2D eigenvalue weighted by Gasteiger charge is 2.02. The minimum atomic E-state index is -0.0659. The number of amides is 2. The van der Waals surface area contributed by atoms with Gasteiger partial charge < -0.3 is 20.1 Å². The van der Waals surface area contributed by atoms with Crippen LogP contribution in [0.5, 0.6) is 0 Å². The molecule has 0 aromatic heterocycles. The van der Waals surface area contributed by atoms with Crippen molar-refractivity contribution in [3.63, 3.8) is 0 Å². The lowest BCUT2D eigenvalue weighted by Gasteiger charge is -2.08. The lowest BCUT2D eigenvalue weighted by molar-refractivity contribution is -0.122. The first-order chi connectivity index (χ1) is 16.7. The highest BCUT2D eigenvalue weighted by molar-refractivity contribution is 6.17. The van der Waals surface area contributed by atoms with Gasteiger partial charge in [0.25, 0.3) is 0 Å². The standard InChI is InChI=1S/C27H49ClN2O4/c1-2-3-4-5-6-7-8-9-10-11-12-13-14-15-16-17-26(31)29-20-24-34-25-21-30-27(32)18-22-33-23-19-28/h6-7,9-10H,2-5,8,11-25H2,1H3,(H,29,31)(H,30,32)/b7-6-,10-9-. The summed E-state index contributed by atoms with van der Waals surface area (Å²) in [5.74, 6) is 0.449. The van der Waals surface area contributed by atoms with Gasteiger partial charge in [0.1, 0.15) is 0 Å². The number of alkyl halides is 1. The number of hydrogen-bond acceptors (Lipinski definition) is 4. The molecule has 0 aliphatic rings. The molecule has 0 atom stereocenters. The molecule has 0 aromatic carbocycles. The van der Waals surface area contributed by atoms with Crippen molar-refractivity contribution in [1.82, 2.24) is 10.6 Å². The number of allylic oxidation sites excluding steroid dienone is 4. The molecule has 0 aromatic rings. The molecule has 0 spiro atoms. The third-order valence-corrected chi connectivity index (χ3v) is 5.34. The molecular formula is C27H49ClN2O4. The Morgan fingerprint density at radius 3 is 1.88 bits per heavy atom. The van der Waals surface area contributed by atoms with Crippen LogP contribution in [0.1, 0.15) is 90.4 Å². The second-order valence-corrected chi connectivity index (χ2v) is 8.72. The summed E-state index contributed by atoms with van der Waals surface area (Å²) < 4.78 is 10.6. The molecule has 2 N–H and O–H groups in total. The van der Waals surface area contributed by atoms with Crippen LogP contribution < -0.4 is 10.6 Å². The monoisotopic (exact) mass is 500 g/mol. The first-order valence-electron chi connectivity index (χ1n) is 13.3. The van der Waals surface area contributed by atoms with Crippen molar-refractivity contribution in [3.05, 3.63) is 24.3 Å². The molecule has 0 rings (SSSR count). The molecule has 6 nitrogen and oxygen atoms in total. The van der Waals surface area contributed by atoms with Crippen LogP contribution in [0.2, 0.25) is 0 Å². The van der Waals surface area contributed by atoms with E-state index in [1.54, 1.807) is 0 Å².